The third kappa shape index (κ3) is 3.00. The predicted molar refractivity (Wildman–Crippen MR) is 77.5 cm³/mol. The van der Waals surface area contributed by atoms with Crippen molar-refractivity contribution in [3.8, 4) is 0 Å². The fourth-order valence-corrected chi connectivity index (χ4v) is 1.93. The van der Waals surface area contributed by atoms with Crippen LogP contribution < -0.4 is 10.6 Å². The summed E-state index contributed by atoms with van der Waals surface area (Å²) in [6, 6.07) is 10.5. The van der Waals surface area contributed by atoms with Crippen molar-refractivity contribution in [3.05, 3.63) is 48.3 Å². The monoisotopic (exact) mass is 241 g/mol. The predicted octanol–water partition coefficient (Wildman–Crippen LogP) is 3.82. The van der Waals surface area contributed by atoms with Gasteiger partial charge in [-0.15, -0.1) is 0 Å². The Morgan fingerprint density at radius 1 is 1.11 bits per heavy atom. The summed E-state index contributed by atoms with van der Waals surface area (Å²) in [5.74, 6) is 0. The number of anilines is 3. The molecule has 18 heavy (non-hydrogen) atoms. The molecular weight excluding hydrogens is 222 g/mol. The van der Waals surface area contributed by atoms with Crippen LogP contribution in [0.5, 0.6) is 0 Å². The molecule has 1 aromatic carbocycles. The van der Waals surface area contributed by atoms with E-state index in [1.54, 1.807) is 0 Å². The van der Waals surface area contributed by atoms with Crippen LogP contribution in [0.1, 0.15) is 18.9 Å². The molecule has 0 radical (unpaired) electrons. The van der Waals surface area contributed by atoms with Crippen LogP contribution in [0.3, 0.4) is 0 Å². The van der Waals surface area contributed by atoms with Crippen molar-refractivity contribution in [2.75, 3.05) is 17.7 Å². The van der Waals surface area contributed by atoms with Gasteiger partial charge in [0, 0.05) is 12.7 Å². The maximum absolute atomic E-state index is 4.20. The molecule has 0 aliphatic heterocycles. The molecule has 0 amide bonds. The van der Waals surface area contributed by atoms with Crippen LogP contribution in [-0.2, 0) is 6.42 Å². The molecule has 2 N–H and O–H groups in total. The molecule has 1 heterocycles. The largest absolute Gasteiger partial charge is 0.387 e. The SMILES string of the molecule is CCCc1ccccc1Nc1cncc(NC)c1. The molecule has 2 rings (SSSR count). The van der Waals surface area contributed by atoms with E-state index >= 15 is 0 Å². The van der Waals surface area contributed by atoms with Gasteiger partial charge in [-0.1, -0.05) is 31.5 Å². The molecule has 0 spiro atoms. The van der Waals surface area contributed by atoms with Crippen LogP contribution in [0.25, 0.3) is 0 Å². The molecule has 0 fully saturated rings. The number of pyridine rings is 1. The van der Waals surface area contributed by atoms with E-state index in [-0.39, 0.29) is 0 Å². The van der Waals surface area contributed by atoms with Crippen molar-refractivity contribution < 1.29 is 0 Å². The zero-order valence-corrected chi connectivity index (χ0v) is 10.9. The highest BCUT2D eigenvalue weighted by atomic mass is 14.9. The minimum absolute atomic E-state index is 1.01. The summed E-state index contributed by atoms with van der Waals surface area (Å²) in [7, 11) is 1.89. The second-order valence-corrected chi connectivity index (χ2v) is 4.24. The second kappa shape index (κ2) is 6.05. The number of rotatable bonds is 5. The summed E-state index contributed by atoms with van der Waals surface area (Å²) in [5.41, 5.74) is 4.52. The minimum atomic E-state index is 1.01. The van der Waals surface area contributed by atoms with Gasteiger partial charge in [-0.25, -0.2) is 0 Å². The van der Waals surface area contributed by atoms with Gasteiger partial charge in [0.25, 0.3) is 0 Å². The number of aromatic nitrogens is 1. The van der Waals surface area contributed by atoms with E-state index in [0.29, 0.717) is 0 Å². The Hall–Kier alpha value is -2.03. The Kier molecular flexibility index (Phi) is 4.18. The lowest BCUT2D eigenvalue weighted by Gasteiger charge is -2.12. The third-order valence-electron chi connectivity index (χ3n) is 2.84. The molecule has 0 saturated carbocycles. The van der Waals surface area contributed by atoms with Gasteiger partial charge in [0.1, 0.15) is 0 Å². The lowest BCUT2D eigenvalue weighted by atomic mass is 10.1. The number of aryl methyl sites for hydroxylation is 1. The van der Waals surface area contributed by atoms with E-state index in [1.807, 2.05) is 19.4 Å². The van der Waals surface area contributed by atoms with Gasteiger partial charge in [-0.3, -0.25) is 4.98 Å². The first-order valence-electron chi connectivity index (χ1n) is 6.31. The number of hydrogen-bond donors (Lipinski definition) is 2. The van der Waals surface area contributed by atoms with E-state index in [1.165, 1.54) is 5.56 Å². The molecule has 2 aromatic rings. The van der Waals surface area contributed by atoms with Crippen LogP contribution in [0.2, 0.25) is 0 Å². The number of benzene rings is 1. The molecule has 0 atom stereocenters. The van der Waals surface area contributed by atoms with E-state index in [0.717, 1.165) is 29.9 Å². The smallest absolute Gasteiger partial charge is 0.0591 e. The van der Waals surface area contributed by atoms with Gasteiger partial charge in [0.2, 0.25) is 0 Å². The molecule has 0 saturated heterocycles. The van der Waals surface area contributed by atoms with Crippen molar-refractivity contribution >= 4 is 17.1 Å². The first-order valence-corrected chi connectivity index (χ1v) is 6.31. The normalized spacial score (nSPS) is 10.1. The third-order valence-corrected chi connectivity index (χ3v) is 2.84. The zero-order chi connectivity index (χ0) is 12.8. The first-order chi connectivity index (χ1) is 8.83. The Morgan fingerprint density at radius 2 is 1.89 bits per heavy atom. The number of hydrogen-bond acceptors (Lipinski definition) is 3. The Balaban J connectivity index is 2.22. The molecule has 0 aliphatic rings. The van der Waals surface area contributed by atoms with Gasteiger partial charge >= 0.3 is 0 Å². The second-order valence-electron chi connectivity index (χ2n) is 4.24. The van der Waals surface area contributed by atoms with Crippen LogP contribution >= 0.6 is 0 Å². The van der Waals surface area contributed by atoms with Gasteiger partial charge in [-0.2, -0.15) is 0 Å². The number of nitrogens with one attached hydrogen (secondary N) is 2. The standard InChI is InChI=1S/C15H19N3/c1-3-6-12-7-4-5-8-15(12)18-14-9-13(16-2)10-17-11-14/h4-5,7-11,16,18H,3,6H2,1-2H3. The average molecular weight is 241 g/mol. The lowest BCUT2D eigenvalue weighted by Crippen LogP contribution is -1.97. The summed E-state index contributed by atoms with van der Waals surface area (Å²) < 4.78 is 0. The quantitative estimate of drug-likeness (QED) is 0.835. The van der Waals surface area contributed by atoms with E-state index in [4.69, 9.17) is 0 Å². The van der Waals surface area contributed by atoms with Crippen molar-refractivity contribution in [2.45, 2.75) is 19.8 Å². The highest BCUT2D eigenvalue weighted by molar-refractivity contribution is 5.65. The van der Waals surface area contributed by atoms with Crippen molar-refractivity contribution in [1.29, 1.82) is 0 Å². The van der Waals surface area contributed by atoms with Gasteiger partial charge in [0.05, 0.1) is 23.8 Å². The molecule has 3 nitrogen and oxygen atoms in total. The van der Waals surface area contributed by atoms with Crippen molar-refractivity contribution in [1.82, 2.24) is 4.98 Å². The van der Waals surface area contributed by atoms with E-state index in [9.17, 15) is 0 Å². The summed E-state index contributed by atoms with van der Waals surface area (Å²) in [6.07, 6.45) is 5.88. The first kappa shape index (κ1) is 12.4. The molecule has 0 unspecified atom stereocenters. The van der Waals surface area contributed by atoms with Crippen LogP contribution in [0.15, 0.2) is 42.7 Å². The zero-order valence-electron chi connectivity index (χ0n) is 10.9. The molecule has 94 valence electrons. The molecule has 3 heteroatoms. The van der Waals surface area contributed by atoms with Crippen LogP contribution in [-0.4, -0.2) is 12.0 Å². The summed E-state index contributed by atoms with van der Waals surface area (Å²) in [6.45, 7) is 2.19. The van der Waals surface area contributed by atoms with Gasteiger partial charge < -0.3 is 10.6 Å². The molecular formula is C15H19N3. The highest BCUT2D eigenvalue weighted by Gasteiger charge is 2.02. The Bertz CT molecular complexity index is 509. The lowest BCUT2D eigenvalue weighted by molar-refractivity contribution is 0.923. The molecule has 0 aliphatic carbocycles. The fourth-order valence-electron chi connectivity index (χ4n) is 1.93. The van der Waals surface area contributed by atoms with Crippen LogP contribution in [0, 0.1) is 0 Å². The summed E-state index contributed by atoms with van der Waals surface area (Å²) >= 11 is 0. The average Bonchev–Trinajstić information content (AvgIpc) is 2.41. The Morgan fingerprint density at radius 3 is 2.67 bits per heavy atom. The summed E-state index contributed by atoms with van der Waals surface area (Å²) in [4.78, 5) is 4.20. The minimum Gasteiger partial charge on any atom is -0.387 e. The summed E-state index contributed by atoms with van der Waals surface area (Å²) in [5, 5.41) is 6.52. The van der Waals surface area contributed by atoms with Gasteiger partial charge in [-0.05, 0) is 24.1 Å². The van der Waals surface area contributed by atoms with E-state index in [2.05, 4.69) is 52.9 Å². The molecule has 1 aromatic heterocycles. The number of para-hydroxylation sites is 1. The van der Waals surface area contributed by atoms with Crippen LogP contribution in [0.4, 0.5) is 17.1 Å². The maximum Gasteiger partial charge on any atom is 0.0591 e. The van der Waals surface area contributed by atoms with Crippen molar-refractivity contribution in [3.63, 3.8) is 0 Å². The van der Waals surface area contributed by atoms with Gasteiger partial charge in [0.15, 0.2) is 0 Å². The maximum atomic E-state index is 4.20. The van der Waals surface area contributed by atoms with E-state index < -0.39 is 0 Å². The highest BCUT2D eigenvalue weighted by Crippen LogP contribution is 2.22. The fraction of sp³-hybridized carbons (Fsp3) is 0.267. The topological polar surface area (TPSA) is 37.0 Å². The Labute approximate surface area is 108 Å². The number of nitrogens with zero attached hydrogens (tertiary/aromatic N) is 1. The molecule has 0 bridgehead atoms. The van der Waals surface area contributed by atoms with Crippen molar-refractivity contribution in [2.24, 2.45) is 0 Å².